The average molecular weight is 357 g/mol. The predicted octanol–water partition coefficient (Wildman–Crippen LogP) is 2.65. The summed E-state index contributed by atoms with van der Waals surface area (Å²) in [5.74, 6) is 1.07. The van der Waals surface area contributed by atoms with Crippen LogP contribution in [0.3, 0.4) is 0 Å². The number of carbonyl (C=O) groups excluding carboxylic acids is 1. The van der Waals surface area contributed by atoms with Crippen molar-refractivity contribution in [3.05, 3.63) is 17.0 Å². The maximum Gasteiger partial charge on any atom is 0.263 e. The Hall–Kier alpha value is -0.920. The van der Waals surface area contributed by atoms with E-state index in [9.17, 15) is 13.2 Å². The number of likely N-dealkylation sites (tertiary alicyclic amines) is 1. The van der Waals surface area contributed by atoms with E-state index >= 15 is 0 Å². The molecule has 23 heavy (non-hydrogen) atoms. The molecule has 3 heterocycles. The Morgan fingerprint density at radius 3 is 2.35 bits per heavy atom. The number of piperidine rings is 1. The minimum Gasteiger partial charge on any atom is -0.338 e. The van der Waals surface area contributed by atoms with Crippen molar-refractivity contribution in [1.82, 2.24) is 9.21 Å². The zero-order valence-corrected chi connectivity index (χ0v) is 15.3. The van der Waals surface area contributed by atoms with Crippen molar-refractivity contribution in [3.63, 3.8) is 0 Å². The maximum absolute atomic E-state index is 12.7. The molecule has 2 aliphatic heterocycles. The lowest BCUT2D eigenvalue weighted by Crippen LogP contribution is -2.37. The summed E-state index contributed by atoms with van der Waals surface area (Å²) in [4.78, 5) is 14.8. The van der Waals surface area contributed by atoms with Gasteiger partial charge in [-0.05, 0) is 43.2 Å². The average Bonchev–Trinajstić information content (AvgIpc) is 3.16. The van der Waals surface area contributed by atoms with Gasteiger partial charge >= 0.3 is 0 Å². The fraction of sp³-hybridized carbons (Fsp3) is 0.688. The predicted molar refractivity (Wildman–Crippen MR) is 91.2 cm³/mol. The van der Waals surface area contributed by atoms with Crippen molar-refractivity contribution in [3.8, 4) is 0 Å². The van der Waals surface area contributed by atoms with Gasteiger partial charge in [0.05, 0.1) is 4.88 Å². The van der Waals surface area contributed by atoms with Crippen LogP contribution in [0.1, 0.15) is 42.8 Å². The molecule has 2 fully saturated rings. The summed E-state index contributed by atoms with van der Waals surface area (Å²) in [6, 6.07) is 3.25. The molecule has 3 rings (SSSR count). The Morgan fingerprint density at radius 2 is 1.74 bits per heavy atom. The van der Waals surface area contributed by atoms with Crippen LogP contribution in [0, 0.1) is 11.8 Å². The summed E-state index contributed by atoms with van der Waals surface area (Å²) in [7, 11) is -3.45. The van der Waals surface area contributed by atoms with Gasteiger partial charge < -0.3 is 4.90 Å². The third-order valence-corrected chi connectivity index (χ3v) is 8.28. The monoisotopic (exact) mass is 356 g/mol. The second-order valence-electron chi connectivity index (χ2n) is 6.85. The SMILES string of the molecule is CC1CCN(S(=O)(=O)c2ccc(C(=O)N3CCC(C)C3)s2)CC1. The summed E-state index contributed by atoms with van der Waals surface area (Å²) in [5, 5.41) is 0. The smallest absolute Gasteiger partial charge is 0.263 e. The third kappa shape index (κ3) is 3.46. The van der Waals surface area contributed by atoms with Crippen molar-refractivity contribution < 1.29 is 13.2 Å². The summed E-state index contributed by atoms with van der Waals surface area (Å²) in [6.07, 6.45) is 2.83. The number of amides is 1. The lowest BCUT2D eigenvalue weighted by atomic mass is 10.0. The quantitative estimate of drug-likeness (QED) is 0.836. The van der Waals surface area contributed by atoms with Crippen molar-refractivity contribution in [2.45, 2.75) is 37.3 Å². The van der Waals surface area contributed by atoms with Gasteiger partial charge in [0.15, 0.2) is 0 Å². The molecule has 2 saturated heterocycles. The Kier molecular flexibility index (Phi) is 4.80. The Balaban J connectivity index is 1.74. The number of sulfonamides is 1. The zero-order valence-electron chi connectivity index (χ0n) is 13.7. The lowest BCUT2D eigenvalue weighted by molar-refractivity contribution is 0.0793. The first-order chi connectivity index (χ1) is 10.9. The van der Waals surface area contributed by atoms with E-state index in [0.717, 1.165) is 43.7 Å². The first-order valence-corrected chi connectivity index (χ1v) is 10.5. The second kappa shape index (κ2) is 6.53. The number of nitrogens with zero attached hydrogens (tertiary/aromatic N) is 2. The number of hydrogen-bond acceptors (Lipinski definition) is 4. The Labute approximate surface area is 142 Å². The molecule has 2 aliphatic rings. The minimum atomic E-state index is -3.45. The van der Waals surface area contributed by atoms with E-state index in [4.69, 9.17) is 0 Å². The summed E-state index contributed by atoms with van der Waals surface area (Å²) >= 11 is 1.11. The van der Waals surface area contributed by atoms with Gasteiger partial charge in [-0.2, -0.15) is 4.31 Å². The van der Waals surface area contributed by atoms with Crippen LogP contribution in [0.4, 0.5) is 0 Å². The number of rotatable bonds is 3. The molecule has 0 bridgehead atoms. The normalized spacial score (nSPS) is 24.3. The summed E-state index contributed by atoms with van der Waals surface area (Å²) < 4.78 is 27.3. The molecule has 1 amide bonds. The molecule has 128 valence electrons. The highest BCUT2D eigenvalue weighted by atomic mass is 32.2. The molecule has 1 aromatic rings. The standard InChI is InChI=1S/C16H24N2O3S2/c1-12-6-9-18(10-7-12)23(20,21)15-4-3-14(22-15)16(19)17-8-5-13(2)11-17/h3-4,12-13H,5-11H2,1-2H3. The van der Waals surface area contributed by atoms with Gasteiger partial charge in [0.2, 0.25) is 0 Å². The van der Waals surface area contributed by atoms with Crippen molar-refractivity contribution in [1.29, 1.82) is 0 Å². The van der Waals surface area contributed by atoms with Gasteiger partial charge in [-0.15, -0.1) is 11.3 Å². The number of hydrogen-bond donors (Lipinski definition) is 0. The fourth-order valence-corrected chi connectivity index (χ4v) is 6.10. The zero-order chi connectivity index (χ0) is 16.6. The topological polar surface area (TPSA) is 57.7 Å². The van der Waals surface area contributed by atoms with Crippen LogP contribution < -0.4 is 0 Å². The van der Waals surface area contributed by atoms with Gasteiger partial charge in [0.1, 0.15) is 4.21 Å². The van der Waals surface area contributed by atoms with Crippen LogP contribution in [0.25, 0.3) is 0 Å². The molecule has 0 saturated carbocycles. The first kappa shape index (κ1) is 16.9. The van der Waals surface area contributed by atoms with E-state index in [1.165, 1.54) is 0 Å². The summed E-state index contributed by atoms with van der Waals surface area (Å²) in [5.41, 5.74) is 0. The minimum absolute atomic E-state index is 0.0342. The molecule has 1 atom stereocenters. The number of thiophene rings is 1. The second-order valence-corrected chi connectivity index (χ2v) is 10.1. The van der Waals surface area contributed by atoms with E-state index in [2.05, 4.69) is 13.8 Å². The van der Waals surface area contributed by atoms with Crippen LogP contribution >= 0.6 is 11.3 Å². The van der Waals surface area contributed by atoms with E-state index < -0.39 is 10.0 Å². The molecule has 0 radical (unpaired) electrons. The Morgan fingerprint density at radius 1 is 1.09 bits per heavy atom. The molecule has 1 aromatic heterocycles. The van der Waals surface area contributed by atoms with Gasteiger partial charge in [-0.3, -0.25) is 4.79 Å². The van der Waals surface area contributed by atoms with Crippen molar-refractivity contribution >= 4 is 27.3 Å². The molecule has 0 N–H and O–H groups in total. The Bertz CT molecular complexity index is 675. The highest BCUT2D eigenvalue weighted by molar-refractivity contribution is 7.91. The van der Waals surface area contributed by atoms with Gasteiger partial charge in [0.25, 0.3) is 15.9 Å². The third-order valence-electron chi connectivity index (χ3n) is 4.84. The van der Waals surface area contributed by atoms with Crippen molar-refractivity contribution in [2.24, 2.45) is 11.8 Å². The van der Waals surface area contributed by atoms with E-state index in [1.807, 2.05) is 4.90 Å². The molecule has 5 nitrogen and oxygen atoms in total. The van der Waals surface area contributed by atoms with Gasteiger partial charge in [0, 0.05) is 26.2 Å². The first-order valence-electron chi connectivity index (χ1n) is 8.27. The number of carbonyl (C=O) groups is 1. The largest absolute Gasteiger partial charge is 0.338 e. The molecule has 0 aromatic carbocycles. The van der Waals surface area contributed by atoms with Crippen LogP contribution in [0.2, 0.25) is 0 Å². The fourth-order valence-electron chi connectivity index (χ4n) is 3.20. The van der Waals surface area contributed by atoms with Crippen LogP contribution in [-0.2, 0) is 10.0 Å². The van der Waals surface area contributed by atoms with Crippen LogP contribution in [0.5, 0.6) is 0 Å². The molecule has 7 heteroatoms. The van der Waals surface area contributed by atoms with Crippen LogP contribution in [-0.4, -0.2) is 49.7 Å². The summed E-state index contributed by atoms with van der Waals surface area (Å²) in [6.45, 7) is 6.98. The molecule has 0 spiro atoms. The molecular formula is C16H24N2O3S2. The molecular weight excluding hydrogens is 332 g/mol. The van der Waals surface area contributed by atoms with Crippen molar-refractivity contribution in [2.75, 3.05) is 26.2 Å². The maximum atomic E-state index is 12.7. The molecule has 0 aliphatic carbocycles. The van der Waals surface area contributed by atoms with E-state index in [-0.39, 0.29) is 5.91 Å². The molecule has 1 unspecified atom stereocenters. The van der Waals surface area contributed by atoms with Crippen LogP contribution in [0.15, 0.2) is 16.3 Å². The van der Waals surface area contributed by atoms with E-state index in [0.29, 0.717) is 34.0 Å². The highest BCUT2D eigenvalue weighted by Crippen LogP contribution is 2.29. The highest BCUT2D eigenvalue weighted by Gasteiger charge is 2.31. The lowest BCUT2D eigenvalue weighted by Gasteiger charge is -2.28. The van der Waals surface area contributed by atoms with E-state index in [1.54, 1.807) is 16.4 Å². The van der Waals surface area contributed by atoms with Gasteiger partial charge in [-0.25, -0.2) is 8.42 Å². The van der Waals surface area contributed by atoms with Gasteiger partial charge in [-0.1, -0.05) is 13.8 Å².